The van der Waals surface area contributed by atoms with Crippen LogP contribution in [0.15, 0.2) is 67.1 Å². The van der Waals surface area contributed by atoms with Crippen molar-refractivity contribution in [1.82, 2.24) is 25.1 Å². The van der Waals surface area contributed by atoms with Gasteiger partial charge in [0, 0.05) is 25.4 Å². The third-order valence-corrected chi connectivity index (χ3v) is 4.59. The first-order valence-electron chi connectivity index (χ1n) is 9.51. The Morgan fingerprint density at radius 1 is 1.03 bits per heavy atom. The van der Waals surface area contributed by atoms with Gasteiger partial charge in [0.1, 0.15) is 12.1 Å². The fourth-order valence-corrected chi connectivity index (χ4v) is 3.19. The predicted octanol–water partition coefficient (Wildman–Crippen LogP) is 2.89. The molecule has 0 unspecified atom stereocenters. The van der Waals surface area contributed by atoms with Gasteiger partial charge in [-0.3, -0.25) is 4.79 Å². The molecule has 0 bridgehead atoms. The number of carbonyl (C=O) groups is 1. The second-order valence-electron chi connectivity index (χ2n) is 6.75. The van der Waals surface area contributed by atoms with Crippen molar-refractivity contribution in [3.05, 3.63) is 78.4 Å². The van der Waals surface area contributed by atoms with Crippen LogP contribution in [0.3, 0.4) is 0 Å². The average molecular weight is 386 g/mol. The van der Waals surface area contributed by atoms with Gasteiger partial charge in [-0.15, -0.1) is 0 Å². The molecular formula is C22H22N6O. The lowest BCUT2D eigenvalue weighted by Crippen LogP contribution is -2.30. The molecule has 0 saturated heterocycles. The molecule has 2 aromatic heterocycles. The first-order chi connectivity index (χ1) is 14.2. The van der Waals surface area contributed by atoms with Crippen LogP contribution >= 0.6 is 0 Å². The van der Waals surface area contributed by atoms with Gasteiger partial charge < -0.3 is 10.6 Å². The van der Waals surface area contributed by atoms with E-state index in [1.54, 1.807) is 4.68 Å². The third-order valence-electron chi connectivity index (χ3n) is 4.59. The van der Waals surface area contributed by atoms with E-state index >= 15 is 0 Å². The predicted molar refractivity (Wildman–Crippen MR) is 113 cm³/mol. The van der Waals surface area contributed by atoms with Crippen LogP contribution in [0.1, 0.15) is 11.3 Å². The van der Waals surface area contributed by atoms with Gasteiger partial charge in [0.05, 0.1) is 12.1 Å². The van der Waals surface area contributed by atoms with Crippen LogP contribution in [0.2, 0.25) is 0 Å². The third kappa shape index (κ3) is 4.57. The maximum absolute atomic E-state index is 12.3. The highest BCUT2D eigenvalue weighted by Crippen LogP contribution is 2.18. The van der Waals surface area contributed by atoms with Crippen LogP contribution < -0.4 is 10.6 Å². The van der Waals surface area contributed by atoms with E-state index in [0.717, 1.165) is 22.0 Å². The van der Waals surface area contributed by atoms with Crippen LogP contribution in [-0.4, -0.2) is 38.7 Å². The van der Waals surface area contributed by atoms with E-state index in [1.165, 1.54) is 6.33 Å². The van der Waals surface area contributed by atoms with Gasteiger partial charge in [-0.25, -0.2) is 14.6 Å². The lowest BCUT2D eigenvalue weighted by Gasteiger charge is -2.09. The van der Waals surface area contributed by atoms with Crippen molar-refractivity contribution in [3.63, 3.8) is 0 Å². The summed E-state index contributed by atoms with van der Waals surface area (Å²) in [5.74, 6) is 1.38. The lowest BCUT2D eigenvalue weighted by molar-refractivity contribution is -0.120. The average Bonchev–Trinajstić information content (AvgIpc) is 3.18. The molecule has 2 N–H and O–H groups in total. The topological polar surface area (TPSA) is 84.7 Å². The summed E-state index contributed by atoms with van der Waals surface area (Å²) in [6.45, 7) is 3.00. The number of amides is 1. The summed E-state index contributed by atoms with van der Waals surface area (Å²) in [5.41, 5.74) is 1.95. The molecule has 0 spiro atoms. The number of benzene rings is 2. The molecule has 29 heavy (non-hydrogen) atoms. The SMILES string of the molecule is Cc1ccn(-c2cc(NCCNC(=O)Cc3cccc4ccccc34)ncn2)n1. The van der Waals surface area contributed by atoms with Crippen LogP contribution in [-0.2, 0) is 11.2 Å². The molecule has 0 aliphatic rings. The molecular weight excluding hydrogens is 364 g/mol. The smallest absolute Gasteiger partial charge is 0.224 e. The Morgan fingerprint density at radius 2 is 1.90 bits per heavy atom. The molecule has 2 heterocycles. The number of fused-ring (bicyclic) bond motifs is 1. The van der Waals surface area contributed by atoms with Gasteiger partial charge in [0.2, 0.25) is 5.91 Å². The second-order valence-corrected chi connectivity index (χ2v) is 6.75. The van der Waals surface area contributed by atoms with Gasteiger partial charge in [-0.2, -0.15) is 5.10 Å². The summed E-state index contributed by atoms with van der Waals surface area (Å²) in [5, 5.41) is 12.8. The fraction of sp³-hybridized carbons (Fsp3) is 0.182. The summed E-state index contributed by atoms with van der Waals surface area (Å²) in [6, 6.07) is 17.9. The van der Waals surface area contributed by atoms with Crippen molar-refractivity contribution in [2.45, 2.75) is 13.3 Å². The Hall–Kier alpha value is -3.74. The number of hydrogen-bond acceptors (Lipinski definition) is 5. The second kappa shape index (κ2) is 8.52. The highest BCUT2D eigenvalue weighted by atomic mass is 16.1. The molecule has 7 nitrogen and oxygen atoms in total. The first kappa shape index (κ1) is 18.6. The molecule has 0 saturated carbocycles. The molecule has 0 aliphatic heterocycles. The lowest BCUT2D eigenvalue weighted by atomic mass is 10.0. The van der Waals surface area contributed by atoms with Crippen molar-refractivity contribution in [2.75, 3.05) is 18.4 Å². The molecule has 2 aromatic carbocycles. The Bertz CT molecular complexity index is 1130. The number of aryl methyl sites for hydroxylation is 1. The molecule has 4 aromatic rings. The maximum atomic E-state index is 12.3. The van der Waals surface area contributed by atoms with Crippen LogP contribution in [0.5, 0.6) is 0 Å². The Morgan fingerprint density at radius 3 is 2.76 bits per heavy atom. The van der Waals surface area contributed by atoms with Gasteiger partial charge in [0.15, 0.2) is 5.82 Å². The minimum Gasteiger partial charge on any atom is -0.368 e. The zero-order chi connectivity index (χ0) is 20.1. The molecule has 0 fully saturated rings. The minimum atomic E-state index is -0.00135. The van der Waals surface area contributed by atoms with E-state index in [2.05, 4.69) is 37.8 Å². The minimum absolute atomic E-state index is 0.00135. The summed E-state index contributed by atoms with van der Waals surface area (Å²) in [7, 11) is 0. The van der Waals surface area contributed by atoms with Crippen molar-refractivity contribution >= 4 is 22.5 Å². The number of hydrogen-bond donors (Lipinski definition) is 2. The Kier molecular flexibility index (Phi) is 5.47. The van der Waals surface area contributed by atoms with Crippen molar-refractivity contribution in [1.29, 1.82) is 0 Å². The summed E-state index contributed by atoms with van der Waals surface area (Å²) in [4.78, 5) is 20.8. The number of anilines is 1. The highest BCUT2D eigenvalue weighted by Gasteiger charge is 2.07. The number of aromatic nitrogens is 4. The van der Waals surface area contributed by atoms with Gasteiger partial charge >= 0.3 is 0 Å². The van der Waals surface area contributed by atoms with Crippen LogP contribution in [0, 0.1) is 6.92 Å². The first-order valence-corrected chi connectivity index (χ1v) is 9.51. The Labute approximate surface area is 168 Å². The number of nitrogens with zero attached hydrogens (tertiary/aromatic N) is 4. The van der Waals surface area contributed by atoms with Gasteiger partial charge in [0.25, 0.3) is 0 Å². The van der Waals surface area contributed by atoms with E-state index in [9.17, 15) is 4.79 Å². The van der Waals surface area contributed by atoms with Crippen LogP contribution in [0.4, 0.5) is 5.82 Å². The van der Waals surface area contributed by atoms with Crippen molar-refractivity contribution in [2.24, 2.45) is 0 Å². The van der Waals surface area contributed by atoms with Gasteiger partial charge in [-0.1, -0.05) is 42.5 Å². The van der Waals surface area contributed by atoms with E-state index < -0.39 is 0 Å². The zero-order valence-electron chi connectivity index (χ0n) is 16.2. The Balaban J connectivity index is 1.29. The molecule has 146 valence electrons. The molecule has 0 atom stereocenters. The molecule has 1 amide bonds. The quantitative estimate of drug-likeness (QED) is 0.477. The molecule has 7 heteroatoms. The number of rotatable bonds is 7. The number of nitrogens with one attached hydrogen (secondary N) is 2. The van der Waals surface area contributed by atoms with Crippen molar-refractivity contribution < 1.29 is 4.79 Å². The van der Waals surface area contributed by atoms with E-state index in [4.69, 9.17) is 0 Å². The normalized spacial score (nSPS) is 10.8. The fourth-order valence-electron chi connectivity index (χ4n) is 3.19. The zero-order valence-corrected chi connectivity index (χ0v) is 16.2. The molecule has 0 radical (unpaired) electrons. The van der Waals surface area contributed by atoms with E-state index in [-0.39, 0.29) is 5.91 Å². The largest absolute Gasteiger partial charge is 0.368 e. The summed E-state index contributed by atoms with van der Waals surface area (Å²) >= 11 is 0. The highest BCUT2D eigenvalue weighted by molar-refractivity contribution is 5.90. The summed E-state index contributed by atoms with van der Waals surface area (Å²) < 4.78 is 1.70. The molecule has 0 aliphatic carbocycles. The maximum Gasteiger partial charge on any atom is 0.224 e. The summed E-state index contributed by atoms with van der Waals surface area (Å²) in [6.07, 6.45) is 3.71. The van der Waals surface area contributed by atoms with E-state index in [0.29, 0.717) is 31.1 Å². The van der Waals surface area contributed by atoms with Crippen LogP contribution in [0.25, 0.3) is 16.6 Å². The van der Waals surface area contributed by atoms with E-state index in [1.807, 2.05) is 55.6 Å². The number of carbonyl (C=O) groups excluding carboxylic acids is 1. The standard InChI is InChI=1S/C22H22N6O/c1-16-9-12-28(27-16)21-14-20(25-15-26-21)23-10-11-24-22(29)13-18-7-4-6-17-5-2-3-8-19(17)18/h2-9,12,14-15H,10-11,13H2,1H3,(H,24,29)(H,23,25,26). The molecule has 4 rings (SSSR count). The van der Waals surface area contributed by atoms with Gasteiger partial charge in [-0.05, 0) is 29.3 Å². The monoisotopic (exact) mass is 386 g/mol. The van der Waals surface area contributed by atoms with Crippen molar-refractivity contribution in [3.8, 4) is 5.82 Å².